The second-order valence-electron chi connectivity index (χ2n) is 6.53. The topological polar surface area (TPSA) is 46.1 Å². The van der Waals surface area contributed by atoms with Crippen LogP contribution in [0.25, 0.3) is 0 Å². The fourth-order valence-corrected chi connectivity index (χ4v) is 2.67. The van der Waals surface area contributed by atoms with Crippen molar-refractivity contribution in [1.82, 2.24) is 10.2 Å². The Balaban J connectivity index is 0.00000288. The molecule has 0 saturated carbocycles. The van der Waals surface area contributed by atoms with Crippen molar-refractivity contribution in [2.24, 2.45) is 4.99 Å². The number of nitrogens with one attached hydrogen (secondary N) is 1. The molecule has 1 aromatic carbocycles. The first-order valence-electron chi connectivity index (χ1n) is 8.15. The molecule has 0 spiro atoms. The van der Waals surface area contributed by atoms with Gasteiger partial charge in [0.05, 0.1) is 18.8 Å². The normalized spacial score (nSPS) is 19.0. The van der Waals surface area contributed by atoms with Gasteiger partial charge in [0, 0.05) is 27.2 Å². The van der Waals surface area contributed by atoms with E-state index >= 15 is 0 Å². The Morgan fingerprint density at radius 2 is 2.12 bits per heavy atom. The lowest BCUT2D eigenvalue weighted by Crippen LogP contribution is -2.51. The number of hydrogen-bond donors (Lipinski definition) is 1. The third-order valence-electron chi connectivity index (χ3n) is 4.34. The van der Waals surface area contributed by atoms with Crippen LogP contribution in [-0.2, 0) is 9.47 Å². The fraction of sp³-hybridized carbons (Fsp3) is 0.611. The number of benzene rings is 1. The molecule has 0 aliphatic carbocycles. The Kier molecular flexibility index (Phi) is 8.45. The van der Waals surface area contributed by atoms with Gasteiger partial charge in [-0.2, -0.15) is 0 Å². The van der Waals surface area contributed by atoms with Crippen molar-refractivity contribution in [3.63, 3.8) is 0 Å². The Morgan fingerprint density at radius 1 is 1.42 bits per heavy atom. The molecule has 1 unspecified atom stereocenters. The van der Waals surface area contributed by atoms with Crippen molar-refractivity contribution < 1.29 is 9.47 Å². The summed E-state index contributed by atoms with van der Waals surface area (Å²) in [5.74, 6) is 0.900. The lowest BCUT2D eigenvalue weighted by molar-refractivity contribution is -0.00961. The van der Waals surface area contributed by atoms with Crippen LogP contribution < -0.4 is 5.32 Å². The lowest BCUT2D eigenvalue weighted by atomic mass is 10.0. The highest BCUT2D eigenvalue weighted by Crippen LogP contribution is 2.25. The molecule has 136 valence electrons. The molecular formula is C18H30IN3O2. The zero-order valence-electron chi connectivity index (χ0n) is 15.3. The summed E-state index contributed by atoms with van der Waals surface area (Å²) in [7, 11) is 3.55. The van der Waals surface area contributed by atoms with Crippen molar-refractivity contribution in [3.05, 3.63) is 35.4 Å². The van der Waals surface area contributed by atoms with Crippen LogP contribution in [0.3, 0.4) is 0 Å². The number of methoxy groups -OCH3 is 1. The van der Waals surface area contributed by atoms with Gasteiger partial charge in [-0.15, -0.1) is 24.0 Å². The number of ether oxygens (including phenoxy) is 2. The molecule has 0 radical (unpaired) electrons. The maximum atomic E-state index is 5.99. The van der Waals surface area contributed by atoms with E-state index in [9.17, 15) is 0 Å². The number of hydrogen-bond acceptors (Lipinski definition) is 3. The first-order valence-corrected chi connectivity index (χ1v) is 8.15. The lowest BCUT2D eigenvalue weighted by Gasteiger charge is -2.36. The van der Waals surface area contributed by atoms with Gasteiger partial charge in [0.25, 0.3) is 0 Å². The Labute approximate surface area is 162 Å². The van der Waals surface area contributed by atoms with Gasteiger partial charge in [0.2, 0.25) is 0 Å². The molecule has 1 fully saturated rings. The number of nitrogens with zero attached hydrogens (tertiary/aromatic N) is 2. The standard InChI is InChI=1S/C18H29N3O2.HI/c1-14-8-6-7-9-15(14)16-12-21(10-11-23-16)17(19-4)20-13-18(2,3)22-5;/h6-9,16H,10-13H2,1-5H3,(H,19,20);1H. The number of aliphatic imine (C=N–C) groups is 1. The summed E-state index contributed by atoms with van der Waals surface area (Å²) in [5, 5.41) is 3.41. The monoisotopic (exact) mass is 447 g/mol. The smallest absolute Gasteiger partial charge is 0.193 e. The largest absolute Gasteiger partial charge is 0.377 e. The minimum absolute atomic E-state index is 0. The van der Waals surface area contributed by atoms with E-state index in [0.29, 0.717) is 13.2 Å². The third kappa shape index (κ3) is 5.60. The summed E-state index contributed by atoms with van der Waals surface area (Å²) in [6, 6.07) is 8.41. The number of rotatable bonds is 4. The van der Waals surface area contributed by atoms with Crippen LogP contribution in [-0.4, -0.2) is 56.9 Å². The molecule has 2 rings (SSSR count). The summed E-state index contributed by atoms with van der Waals surface area (Å²) in [6.07, 6.45) is 0.0823. The van der Waals surface area contributed by atoms with Crippen molar-refractivity contribution in [1.29, 1.82) is 0 Å². The Hall–Kier alpha value is -0.860. The van der Waals surface area contributed by atoms with Crippen LogP contribution in [0.4, 0.5) is 0 Å². The average Bonchev–Trinajstić information content (AvgIpc) is 2.56. The van der Waals surface area contributed by atoms with Gasteiger partial charge in [-0.3, -0.25) is 4.99 Å². The molecule has 0 amide bonds. The van der Waals surface area contributed by atoms with E-state index in [0.717, 1.165) is 19.0 Å². The predicted octanol–water partition coefficient (Wildman–Crippen LogP) is 2.99. The van der Waals surface area contributed by atoms with E-state index in [2.05, 4.69) is 60.2 Å². The maximum Gasteiger partial charge on any atom is 0.193 e. The summed E-state index contributed by atoms with van der Waals surface area (Å²) in [4.78, 5) is 6.68. The van der Waals surface area contributed by atoms with Gasteiger partial charge in [-0.25, -0.2) is 0 Å². The summed E-state index contributed by atoms with van der Waals surface area (Å²) >= 11 is 0. The molecule has 1 aliphatic heterocycles. The molecule has 0 bridgehead atoms. The quantitative estimate of drug-likeness (QED) is 0.438. The molecule has 1 N–H and O–H groups in total. The van der Waals surface area contributed by atoms with E-state index in [4.69, 9.17) is 9.47 Å². The van der Waals surface area contributed by atoms with Crippen LogP contribution in [0.2, 0.25) is 0 Å². The molecule has 0 aromatic heterocycles. The number of halogens is 1. The molecular weight excluding hydrogens is 417 g/mol. The van der Waals surface area contributed by atoms with Crippen LogP contribution >= 0.6 is 24.0 Å². The zero-order valence-corrected chi connectivity index (χ0v) is 17.7. The minimum atomic E-state index is -0.225. The molecule has 1 saturated heterocycles. The number of aryl methyl sites for hydroxylation is 1. The first kappa shape index (κ1) is 21.2. The fourth-order valence-electron chi connectivity index (χ4n) is 2.67. The van der Waals surface area contributed by atoms with E-state index in [1.165, 1.54) is 11.1 Å². The van der Waals surface area contributed by atoms with E-state index in [1.54, 1.807) is 7.11 Å². The molecule has 1 heterocycles. The number of morpholine rings is 1. The Morgan fingerprint density at radius 3 is 2.75 bits per heavy atom. The van der Waals surface area contributed by atoms with Gasteiger partial charge < -0.3 is 19.7 Å². The maximum absolute atomic E-state index is 5.99. The second kappa shape index (κ2) is 9.58. The summed E-state index contributed by atoms with van der Waals surface area (Å²) < 4.78 is 11.5. The molecule has 1 aromatic rings. The third-order valence-corrected chi connectivity index (χ3v) is 4.34. The number of guanidine groups is 1. The van der Waals surface area contributed by atoms with Crippen LogP contribution in [0.5, 0.6) is 0 Å². The van der Waals surface area contributed by atoms with Crippen LogP contribution in [0, 0.1) is 6.92 Å². The molecule has 5 nitrogen and oxygen atoms in total. The minimum Gasteiger partial charge on any atom is -0.377 e. The van der Waals surface area contributed by atoms with Crippen LogP contribution in [0.15, 0.2) is 29.3 Å². The zero-order chi connectivity index (χ0) is 16.9. The predicted molar refractivity (Wildman–Crippen MR) is 109 cm³/mol. The van der Waals surface area contributed by atoms with E-state index in [-0.39, 0.29) is 35.7 Å². The highest BCUT2D eigenvalue weighted by Gasteiger charge is 2.26. The van der Waals surface area contributed by atoms with E-state index < -0.39 is 0 Å². The van der Waals surface area contributed by atoms with Gasteiger partial charge in [0.1, 0.15) is 6.10 Å². The summed E-state index contributed by atoms with van der Waals surface area (Å²) in [5.41, 5.74) is 2.30. The molecule has 6 heteroatoms. The molecule has 24 heavy (non-hydrogen) atoms. The van der Waals surface area contributed by atoms with Crippen molar-refractivity contribution in [3.8, 4) is 0 Å². The van der Waals surface area contributed by atoms with Crippen molar-refractivity contribution in [2.45, 2.75) is 32.5 Å². The average molecular weight is 447 g/mol. The SMILES string of the molecule is CN=C(NCC(C)(C)OC)N1CCOC(c2ccccc2C)C1.I. The van der Waals surface area contributed by atoms with Crippen LogP contribution in [0.1, 0.15) is 31.1 Å². The molecule has 1 aliphatic rings. The highest BCUT2D eigenvalue weighted by molar-refractivity contribution is 14.0. The summed E-state index contributed by atoms with van der Waals surface area (Å²) in [6.45, 7) is 9.31. The highest BCUT2D eigenvalue weighted by atomic mass is 127. The van der Waals surface area contributed by atoms with Gasteiger partial charge in [-0.05, 0) is 31.9 Å². The van der Waals surface area contributed by atoms with Gasteiger partial charge >= 0.3 is 0 Å². The van der Waals surface area contributed by atoms with Crippen molar-refractivity contribution >= 4 is 29.9 Å². The molecule has 1 atom stereocenters. The van der Waals surface area contributed by atoms with Crippen molar-refractivity contribution in [2.75, 3.05) is 40.4 Å². The van der Waals surface area contributed by atoms with Gasteiger partial charge in [0.15, 0.2) is 5.96 Å². The van der Waals surface area contributed by atoms with E-state index in [1.807, 2.05) is 7.05 Å². The van der Waals surface area contributed by atoms with Gasteiger partial charge in [-0.1, -0.05) is 24.3 Å². The Bertz CT molecular complexity index is 549. The first-order chi connectivity index (χ1) is 11.0. The second-order valence-corrected chi connectivity index (χ2v) is 6.53.